The van der Waals surface area contributed by atoms with Crippen molar-refractivity contribution in [2.24, 2.45) is 5.73 Å². The van der Waals surface area contributed by atoms with E-state index in [-0.39, 0.29) is 5.82 Å². The zero-order valence-electron chi connectivity index (χ0n) is 11.7. The Morgan fingerprint density at radius 1 is 0.952 bits per heavy atom. The van der Waals surface area contributed by atoms with Gasteiger partial charge in [-0.15, -0.1) is 0 Å². The highest BCUT2D eigenvalue weighted by molar-refractivity contribution is 5.86. The van der Waals surface area contributed by atoms with Gasteiger partial charge in [-0.2, -0.15) is 0 Å². The molecule has 2 N–H and O–H groups in total. The van der Waals surface area contributed by atoms with Crippen LogP contribution < -0.4 is 10.5 Å². The molecule has 2 nitrogen and oxygen atoms in total. The lowest BCUT2D eigenvalue weighted by Gasteiger charge is -2.18. The molecule has 0 aliphatic rings. The van der Waals surface area contributed by atoms with Crippen LogP contribution in [-0.4, -0.2) is 7.11 Å². The van der Waals surface area contributed by atoms with Gasteiger partial charge in [0.05, 0.1) is 18.7 Å². The molecule has 0 spiro atoms. The Morgan fingerprint density at radius 2 is 1.67 bits per heavy atom. The van der Waals surface area contributed by atoms with Gasteiger partial charge in [-0.05, 0) is 28.5 Å². The minimum absolute atomic E-state index is 0.352. The third-order valence-electron chi connectivity index (χ3n) is 3.70. The number of ether oxygens (including phenoxy) is 1. The van der Waals surface area contributed by atoms with Crippen LogP contribution in [0, 0.1) is 5.82 Å². The maximum atomic E-state index is 14.2. The summed E-state index contributed by atoms with van der Waals surface area (Å²) in [5, 5.41) is 2.11. The van der Waals surface area contributed by atoms with Gasteiger partial charge in [0.2, 0.25) is 0 Å². The zero-order chi connectivity index (χ0) is 14.8. The van der Waals surface area contributed by atoms with Crippen LogP contribution in [0.3, 0.4) is 0 Å². The molecule has 0 fully saturated rings. The van der Waals surface area contributed by atoms with E-state index in [4.69, 9.17) is 10.5 Å². The van der Waals surface area contributed by atoms with E-state index in [1.807, 2.05) is 42.5 Å². The monoisotopic (exact) mass is 281 g/mol. The minimum atomic E-state index is -0.577. The second-order valence-corrected chi connectivity index (χ2v) is 4.90. The first-order chi connectivity index (χ1) is 10.2. The van der Waals surface area contributed by atoms with Gasteiger partial charge < -0.3 is 10.5 Å². The molecule has 0 bridgehead atoms. The number of hydrogen-bond donors (Lipinski definition) is 1. The molecule has 3 aromatic carbocycles. The highest BCUT2D eigenvalue weighted by atomic mass is 19.1. The van der Waals surface area contributed by atoms with E-state index in [1.165, 1.54) is 13.2 Å². The first kappa shape index (κ1) is 13.6. The average Bonchev–Trinajstić information content (AvgIpc) is 2.53. The van der Waals surface area contributed by atoms with Gasteiger partial charge in [0.15, 0.2) is 0 Å². The van der Waals surface area contributed by atoms with Gasteiger partial charge in [0.25, 0.3) is 0 Å². The van der Waals surface area contributed by atoms with Crippen molar-refractivity contribution in [3.8, 4) is 5.75 Å². The number of benzene rings is 3. The van der Waals surface area contributed by atoms with E-state index < -0.39 is 6.04 Å². The molecule has 3 aromatic rings. The normalized spacial score (nSPS) is 12.3. The largest absolute Gasteiger partial charge is 0.496 e. The summed E-state index contributed by atoms with van der Waals surface area (Å²) in [6.07, 6.45) is 0. The van der Waals surface area contributed by atoms with Crippen molar-refractivity contribution in [1.82, 2.24) is 0 Å². The summed E-state index contributed by atoms with van der Waals surface area (Å²) in [6, 6.07) is 18.0. The number of methoxy groups -OCH3 is 1. The Hall–Kier alpha value is -2.39. The fraction of sp³-hybridized carbons (Fsp3) is 0.111. The Morgan fingerprint density at radius 3 is 2.48 bits per heavy atom. The first-order valence-corrected chi connectivity index (χ1v) is 6.78. The van der Waals surface area contributed by atoms with Crippen molar-refractivity contribution in [3.05, 3.63) is 77.6 Å². The van der Waals surface area contributed by atoms with Gasteiger partial charge >= 0.3 is 0 Å². The summed E-state index contributed by atoms with van der Waals surface area (Å²) in [7, 11) is 1.52. The standard InChI is InChI=1S/C18H16FNO/c1-21-16-11-5-10-15(19)17(16)18(20)14-9-4-7-12-6-2-3-8-13(12)14/h2-11,18H,20H2,1H3. The first-order valence-electron chi connectivity index (χ1n) is 6.78. The molecule has 3 heteroatoms. The second kappa shape index (κ2) is 5.54. The summed E-state index contributed by atoms with van der Waals surface area (Å²) in [6.45, 7) is 0. The third kappa shape index (κ3) is 2.36. The van der Waals surface area contributed by atoms with Crippen LogP contribution >= 0.6 is 0 Å². The SMILES string of the molecule is COc1cccc(F)c1C(N)c1cccc2ccccc12. The fourth-order valence-corrected chi connectivity index (χ4v) is 2.67. The summed E-state index contributed by atoms with van der Waals surface area (Å²) in [4.78, 5) is 0. The number of halogens is 1. The predicted octanol–water partition coefficient (Wildman–Crippen LogP) is 4.04. The van der Waals surface area contributed by atoms with Crippen molar-refractivity contribution in [1.29, 1.82) is 0 Å². The van der Waals surface area contributed by atoms with E-state index in [0.717, 1.165) is 16.3 Å². The Balaban J connectivity index is 2.20. The van der Waals surface area contributed by atoms with Crippen LogP contribution in [0.1, 0.15) is 17.2 Å². The smallest absolute Gasteiger partial charge is 0.132 e. The van der Waals surface area contributed by atoms with Crippen LogP contribution in [0.2, 0.25) is 0 Å². The van der Waals surface area contributed by atoms with Crippen LogP contribution in [0.15, 0.2) is 60.7 Å². The van der Waals surface area contributed by atoms with E-state index in [1.54, 1.807) is 12.1 Å². The Labute approximate surface area is 123 Å². The highest BCUT2D eigenvalue weighted by Crippen LogP contribution is 2.33. The number of rotatable bonds is 3. The predicted molar refractivity (Wildman–Crippen MR) is 82.9 cm³/mol. The number of fused-ring (bicyclic) bond motifs is 1. The lowest BCUT2D eigenvalue weighted by molar-refractivity contribution is 0.402. The number of hydrogen-bond acceptors (Lipinski definition) is 2. The molecule has 106 valence electrons. The average molecular weight is 281 g/mol. The zero-order valence-corrected chi connectivity index (χ0v) is 11.7. The van der Waals surface area contributed by atoms with Crippen molar-refractivity contribution < 1.29 is 9.13 Å². The van der Waals surface area contributed by atoms with Crippen LogP contribution in [0.25, 0.3) is 10.8 Å². The van der Waals surface area contributed by atoms with Crippen molar-refractivity contribution in [2.75, 3.05) is 7.11 Å². The molecular formula is C18H16FNO. The molecule has 0 saturated carbocycles. The van der Waals surface area contributed by atoms with Gasteiger partial charge in [-0.25, -0.2) is 4.39 Å². The number of nitrogens with two attached hydrogens (primary N) is 1. The van der Waals surface area contributed by atoms with E-state index in [9.17, 15) is 4.39 Å². The highest BCUT2D eigenvalue weighted by Gasteiger charge is 2.20. The molecule has 3 rings (SSSR count). The molecular weight excluding hydrogens is 265 g/mol. The molecule has 0 radical (unpaired) electrons. The van der Waals surface area contributed by atoms with Gasteiger partial charge in [-0.1, -0.05) is 48.5 Å². The van der Waals surface area contributed by atoms with E-state index in [0.29, 0.717) is 11.3 Å². The van der Waals surface area contributed by atoms with E-state index >= 15 is 0 Å². The third-order valence-corrected chi connectivity index (χ3v) is 3.70. The van der Waals surface area contributed by atoms with Crippen LogP contribution in [0.5, 0.6) is 5.75 Å². The molecule has 0 saturated heterocycles. The summed E-state index contributed by atoms with van der Waals surface area (Å²) in [5.74, 6) is 0.116. The van der Waals surface area contributed by atoms with Crippen LogP contribution in [0.4, 0.5) is 4.39 Å². The molecule has 0 heterocycles. The Bertz CT molecular complexity index is 780. The van der Waals surface area contributed by atoms with Gasteiger partial charge in [0.1, 0.15) is 11.6 Å². The molecule has 0 aliphatic carbocycles. The maximum Gasteiger partial charge on any atom is 0.132 e. The lowest BCUT2D eigenvalue weighted by atomic mass is 9.93. The molecule has 0 aromatic heterocycles. The molecule has 0 aliphatic heterocycles. The van der Waals surface area contributed by atoms with Gasteiger partial charge in [-0.3, -0.25) is 0 Å². The molecule has 1 unspecified atom stereocenters. The summed E-state index contributed by atoms with van der Waals surface area (Å²) >= 11 is 0. The molecule has 21 heavy (non-hydrogen) atoms. The quantitative estimate of drug-likeness (QED) is 0.786. The lowest BCUT2D eigenvalue weighted by Crippen LogP contribution is -2.15. The van der Waals surface area contributed by atoms with Crippen LogP contribution in [-0.2, 0) is 0 Å². The maximum absolute atomic E-state index is 14.2. The van der Waals surface area contributed by atoms with Gasteiger partial charge in [0, 0.05) is 0 Å². The molecule has 0 amide bonds. The minimum Gasteiger partial charge on any atom is -0.496 e. The Kier molecular flexibility index (Phi) is 3.59. The van der Waals surface area contributed by atoms with Crippen molar-refractivity contribution in [2.45, 2.75) is 6.04 Å². The van der Waals surface area contributed by atoms with E-state index in [2.05, 4.69) is 0 Å². The summed E-state index contributed by atoms with van der Waals surface area (Å²) in [5.41, 5.74) is 7.61. The van der Waals surface area contributed by atoms with Crippen molar-refractivity contribution >= 4 is 10.8 Å². The topological polar surface area (TPSA) is 35.2 Å². The fourth-order valence-electron chi connectivity index (χ4n) is 2.67. The summed E-state index contributed by atoms with van der Waals surface area (Å²) < 4.78 is 19.5. The van der Waals surface area contributed by atoms with Crippen molar-refractivity contribution in [3.63, 3.8) is 0 Å². The second-order valence-electron chi connectivity index (χ2n) is 4.90. The molecule has 1 atom stereocenters.